The van der Waals surface area contributed by atoms with Crippen molar-refractivity contribution in [1.82, 2.24) is 9.55 Å². The van der Waals surface area contributed by atoms with Gasteiger partial charge < -0.3 is 15.1 Å². The van der Waals surface area contributed by atoms with Crippen molar-refractivity contribution < 1.29 is 25.9 Å². The van der Waals surface area contributed by atoms with Crippen LogP contribution in [0.4, 0.5) is 0 Å². The van der Waals surface area contributed by atoms with Crippen molar-refractivity contribution in [2.75, 3.05) is 0 Å². The molecule has 4 nitrogen and oxygen atoms in total. The minimum absolute atomic E-state index is 0. The molecule has 0 aliphatic heterocycles. The summed E-state index contributed by atoms with van der Waals surface area (Å²) in [6.45, 7) is 11.3. The number of carbonyl (C=O) groups is 1. The van der Waals surface area contributed by atoms with Gasteiger partial charge in [0.25, 0.3) is 0 Å². The molecule has 0 radical (unpaired) electrons. The number of nitrogens with zero attached hydrogens (tertiary/aromatic N) is 2. The second-order valence-electron chi connectivity index (χ2n) is 6.48. The molecule has 5 heteroatoms. The molecule has 0 aliphatic carbocycles. The summed E-state index contributed by atoms with van der Waals surface area (Å²) in [5, 5.41) is 0.941. The van der Waals surface area contributed by atoms with E-state index in [0.29, 0.717) is 12.2 Å². The van der Waals surface area contributed by atoms with Crippen molar-refractivity contribution >= 4 is 16.8 Å². The summed E-state index contributed by atoms with van der Waals surface area (Å²) in [6.07, 6.45) is 3.47. The van der Waals surface area contributed by atoms with E-state index in [1.807, 2.05) is 10.6 Å². The van der Waals surface area contributed by atoms with Crippen molar-refractivity contribution in [2.45, 2.75) is 41.2 Å². The summed E-state index contributed by atoms with van der Waals surface area (Å²) >= 11 is 0. The summed E-state index contributed by atoms with van der Waals surface area (Å²) in [4.78, 5) is 16.0. The molecule has 130 valence electrons. The average molecular weight is 504 g/mol. The molecule has 0 atom stereocenters. The minimum atomic E-state index is -0.665. The second kappa shape index (κ2) is 7.13. The number of pyridine rings is 1. The Labute approximate surface area is 162 Å². The van der Waals surface area contributed by atoms with Gasteiger partial charge in [-0.1, -0.05) is 0 Å². The van der Waals surface area contributed by atoms with Crippen LogP contribution in [-0.2, 0) is 27.6 Å². The molecular weight excluding hydrogens is 482 g/mol. The predicted molar refractivity (Wildman–Crippen MR) is 97.6 cm³/mol. The van der Waals surface area contributed by atoms with Crippen molar-refractivity contribution in [2.24, 2.45) is 0 Å². The molecule has 1 N–H and O–H groups in total. The Kier molecular flexibility index (Phi) is 5.53. The van der Waals surface area contributed by atoms with Crippen LogP contribution in [0.25, 0.3) is 16.6 Å². The van der Waals surface area contributed by atoms with Gasteiger partial charge >= 0.3 is 0 Å². The number of amides is 1. The fourth-order valence-corrected chi connectivity index (χ4v) is 3.43. The molecule has 0 unspecified atom stereocenters. The standard InChI is InChI=1S/C20H23N3O.W/c1-11-12(2)14(4)17(15(5)13(11)3)10-23-18(20(21)24)8-16-6-7-22-9-19(16)23;/h6-9H,10H2,1-5H3,(H2,21,24);/p-1. The van der Waals surface area contributed by atoms with E-state index in [2.05, 4.69) is 39.6 Å². The van der Waals surface area contributed by atoms with Gasteiger partial charge in [-0.05, 0) is 80.1 Å². The van der Waals surface area contributed by atoms with Crippen LogP contribution in [0.5, 0.6) is 0 Å². The number of hydrogen-bond donors (Lipinski definition) is 0. The van der Waals surface area contributed by atoms with Crippen molar-refractivity contribution in [3.05, 3.63) is 69.3 Å². The zero-order chi connectivity index (χ0) is 17.6. The van der Waals surface area contributed by atoms with Crippen LogP contribution in [0, 0.1) is 34.6 Å². The molecule has 25 heavy (non-hydrogen) atoms. The van der Waals surface area contributed by atoms with Gasteiger partial charge in [0.2, 0.25) is 0 Å². The Bertz CT molecular complexity index is 944. The molecule has 3 rings (SSSR count). The molecule has 0 bridgehead atoms. The molecule has 1 amide bonds. The smallest absolute Gasteiger partial charge is 0.0964 e. The zero-order valence-corrected chi connectivity index (χ0v) is 18.2. The fourth-order valence-electron chi connectivity index (χ4n) is 3.43. The van der Waals surface area contributed by atoms with Crippen LogP contribution in [0.2, 0.25) is 0 Å². The summed E-state index contributed by atoms with van der Waals surface area (Å²) < 4.78 is 1.92. The summed E-state index contributed by atoms with van der Waals surface area (Å²) in [5.74, 6) is -0.665. The van der Waals surface area contributed by atoms with Crippen LogP contribution in [0.15, 0.2) is 24.5 Å². The summed E-state index contributed by atoms with van der Waals surface area (Å²) in [5.41, 5.74) is 16.5. The normalized spacial score (nSPS) is 10.8. The molecule has 0 saturated carbocycles. The Balaban J connectivity index is 0.00000225. The van der Waals surface area contributed by atoms with Crippen molar-refractivity contribution in [3.8, 4) is 0 Å². The maximum atomic E-state index is 11.8. The quantitative estimate of drug-likeness (QED) is 0.514. The van der Waals surface area contributed by atoms with Crippen LogP contribution in [-0.4, -0.2) is 15.5 Å². The topological polar surface area (TPSA) is 58.7 Å². The van der Waals surface area contributed by atoms with E-state index >= 15 is 0 Å². The van der Waals surface area contributed by atoms with Gasteiger partial charge in [-0.3, -0.25) is 4.98 Å². The monoisotopic (exact) mass is 504 g/mol. The fraction of sp³-hybridized carbons (Fsp3) is 0.300. The number of fused-ring (bicyclic) bond motifs is 1. The molecule has 2 heterocycles. The molecular formula is C20H22N3OW-. The molecule has 0 spiro atoms. The van der Waals surface area contributed by atoms with Crippen LogP contribution in [0.1, 0.15) is 43.9 Å². The zero-order valence-electron chi connectivity index (χ0n) is 15.2. The molecule has 0 fully saturated rings. The first-order chi connectivity index (χ1) is 11.3. The third-order valence-electron chi connectivity index (χ3n) is 5.41. The Morgan fingerprint density at radius 1 is 1.04 bits per heavy atom. The van der Waals surface area contributed by atoms with Gasteiger partial charge in [0.05, 0.1) is 23.3 Å². The maximum absolute atomic E-state index is 11.8. The minimum Gasteiger partial charge on any atom is -0.662 e. The van der Waals surface area contributed by atoms with Crippen molar-refractivity contribution in [1.29, 1.82) is 0 Å². The number of benzene rings is 1. The van der Waals surface area contributed by atoms with Gasteiger partial charge in [0.15, 0.2) is 0 Å². The van der Waals surface area contributed by atoms with Crippen LogP contribution in [0.3, 0.4) is 0 Å². The van der Waals surface area contributed by atoms with E-state index < -0.39 is 5.91 Å². The van der Waals surface area contributed by atoms with E-state index in [0.717, 1.165) is 10.9 Å². The predicted octanol–water partition coefficient (Wildman–Crippen LogP) is 4.82. The SMILES string of the molecule is Cc1c(C)c(C)c(Cn2c(C([NH-])=O)cc3ccncc32)c(C)c1C.[W]. The van der Waals surface area contributed by atoms with E-state index in [4.69, 9.17) is 5.73 Å². The third-order valence-corrected chi connectivity index (χ3v) is 5.41. The van der Waals surface area contributed by atoms with E-state index in [9.17, 15) is 4.79 Å². The van der Waals surface area contributed by atoms with E-state index in [1.165, 1.54) is 33.4 Å². The first-order valence-electron chi connectivity index (χ1n) is 8.08. The molecule has 1 aromatic carbocycles. The first-order valence-corrected chi connectivity index (χ1v) is 8.08. The Morgan fingerprint density at radius 2 is 1.60 bits per heavy atom. The number of aromatic nitrogens is 2. The third kappa shape index (κ3) is 3.16. The second-order valence-corrected chi connectivity index (χ2v) is 6.48. The average Bonchev–Trinajstić information content (AvgIpc) is 2.94. The molecule has 0 aliphatic rings. The van der Waals surface area contributed by atoms with Gasteiger partial charge in [0.1, 0.15) is 0 Å². The van der Waals surface area contributed by atoms with Gasteiger partial charge in [-0.25, -0.2) is 0 Å². The summed E-state index contributed by atoms with van der Waals surface area (Å²) in [7, 11) is 0. The van der Waals surface area contributed by atoms with E-state index in [1.54, 1.807) is 18.5 Å². The number of rotatable bonds is 3. The van der Waals surface area contributed by atoms with Crippen molar-refractivity contribution in [3.63, 3.8) is 0 Å². The van der Waals surface area contributed by atoms with Gasteiger partial charge in [-0.15, -0.1) is 0 Å². The first kappa shape index (κ1) is 19.4. The molecule has 2 aromatic heterocycles. The van der Waals surface area contributed by atoms with E-state index in [-0.39, 0.29) is 21.1 Å². The number of carbonyl (C=O) groups excluding carboxylic acids is 1. The van der Waals surface area contributed by atoms with Crippen LogP contribution >= 0.6 is 0 Å². The number of nitrogens with one attached hydrogen (secondary N) is 1. The van der Waals surface area contributed by atoms with Crippen LogP contribution < -0.4 is 0 Å². The van der Waals surface area contributed by atoms with Gasteiger partial charge in [0, 0.05) is 39.2 Å². The number of hydrogen-bond acceptors (Lipinski definition) is 2. The Morgan fingerprint density at radius 3 is 2.16 bits per heavy atom. The Hall–Kier alpha value is -1.93. The maximum Gasteiger partial charge on any atom is 0.0964 e. The summed E-state index contributed by atoms with van der Waals surface area (Å²) in [6, 6.07) is 3.66. The van der Waals surface area contributed by atoms with Gasteiger partial charge in [-0.2, -0.15) is 0 Å². The molecule has 0 saturated heterocycles. The molecule has 3 aromatic rings. The largest absolute Gasteiger partial charge is 0.662 e.